The Morgan fingerprint density at radius 1 is 0.629 bits per heavy atom. The smallest absolute Gasteiger partial charge is 0.195 e. The van der Waals surface area contributed by atoms with Gasteiger partial charge in [0.05, 0.1) is 5.56 Å². The van der Waals surface area contributed by atoms with E-state index < -0.39 is 0 Å². The van der Waals surface area contributed by atoms with Crippen molar-refractivity contribution in [2.24, 2.45) is 0 Å². The minimum absolute atomic E-state index is 0.195. The van der Waals surface area contributed by atoms with Crippen molar-refractivity contribution in [2.45, 2.75) is 161 Å². The van der Waals surface area contributed by atoms with Crippen molar-refractivity contribution in [2.75, 3.05) is 0 Å². The van der Waals surface area contributed by atoms with Gasteiger partial charge in [0.25, 0.3) is 0 Å². The molecule has 0 spiro atoms. The molecule has 0 saturated heterocycles. The Morgan fingerprint density at radius 3 is 1.40 bits per heavy atom. The van der Waals surface area contributed by atoms with Gasteiger partial charge in [0, 0.05) is 0 Å². The van der Waals surface area contributed by atoms with E-state index in [0.29, 0.717) is 10.6 Å². The van der Waals surface area contributed by atoms with E-state index in [1.807, 2.05) is 18.2 Å². The third-order valence-corrected chi connectivity index (χ3v) is 7.69. The van der Waals surface area contributed by atoms with Crippen LogP contribution in [0.4, 0.5) is 0 Å². The first-order valence-electron chi connectivity index (χ1n) is 15.1. The van der Waals surface area contributed by atoms with Crippen LogP contribution in [0.25, 0.3) is 0 Å². The molecule has 1 N–H and O–H groups in total. The molecule has 35 heavy (non-hydrogen) atoms. The fourth-order valence-corrected chi connectivity index (χ4v) is 5.46. The summed E-state index contributed by atoms with van der Waals surface area (Å²) < 4.78 is 6.76. The van der Waals surface area contributed by atoms with Crippen LogP contribution in [0, 0.1) is 0 Å². The predicted molar refractivity (Wildman–Crippen MR) is 158 cm³/mol. The second kappa shape index (κ2) is 21.0. The van der Waals surface area contributed by atoms with Crippen LogP contribution in [0.15, 0.2) is 24.3 Å². The van der Waals surface area contributed by atoms with Crippen LogP contribution in [0.5, 0.6) is 5.75 Å². The number of para-hydroxylation sites is 1. The maximum atomic E-state index is 10.4. The van der Waals surface area contributed by atoms with Gasteiger partial charge < -0.3 is 9.84 Å². The second-order valence-corrected chi connectivity index (χ2v) is 11.0. The fraction of sp³-hybridized carbons (Fsp3) is 0.781. The average molecular weight is 505 g/mol. The van der Waals surface area contributed by atoms with Crippen molar-refractivity contribution < 1.29 is 9.84 Å². The molecule has 0 unspecified atom stereocenters. The van der Waals surface area contributed by atoms with E-state index in [9.17, 15) is 5.11 Å². The standard InChI is InChI=1S/C32H56O2S/c1-4-7-10-13-16-21-26-32(27-22-17-14-11-8-5-2,28-23-18-15-12-9-6-3)34-31(35)29-24-19-20-25-30(29)33/h19-20,24-25,33H,4-18,21-23,26-28H2,1-3H3. The fourth-order valence-electron chi connectivity index (χ4n) is 5.11. The molecule has 0 aliphatic rings. The summed E-state index contributed by atoms with van der Waals surface area (Å²) in [6, 6.07) is 7.38. The first kappa shape index (κ1) is 31.9. The molecule has 0 saturated carbocycles. The van der Waals surface area contributed by atoms with E-state index in [2.05, 4.69) is 20.8 Å². The third-order valence-electron chi connectivity index (χ3n) is 7.39. The number of ether oxygens (including phenoxy) is 1. The summed E-state index contributed by atoms with van der Waals surface area (Å²) in [4.78, 5) is 0. The highest BCUT2D eigenvalue weighted by molar-refractivity contribution is 7.80. The van der Waals surface area contributed by atoms with E-state index >= 15 is 0 Å². The minimum Gasteiger partial charge on any atom is -0.507 e. The molecule has 3 heteroatoms. The second-order valence-electron chi connectivity index (χ2n) is 10.6. The Labute approximate surface area is 223 Å². The predicted octanol–water partition coefficient (Wildman–Crippen LogP) is 11.1. The lowest BCUT2D eigenvalue weighted by molar-refractivity contribution is 0.0251. The Morgan fingerprint density at radius 2 is 1.00 bits per heavy atom. The van der Waals surface area contributed by atoms with Gasteiger partial charge in [0.15, 0.2) is 5.05 Å². The maximum absolute atomic E-state index is 10.4. The summed E-state index contributed by atoms with van der Waals surface area (Å²) in [7, 11) is 0. The molecule has 0 aliphatic carbocycles. The van der Waals surface area contributed by atoms with Crippen molar-refractivity contribution >= 4 is 17.3 Å². The highest BCUT2D eigenvalue weighted by Gasteiger charge is 2.32. The molecule has 0 aliphatic heterocycles. The number of benzene rings is 1. The zero-order valence-electron chi connectivity index (χ0n) is 23.4. The summed E-state index contributed by atoms with van der Waals surface area (Å²) in [6.45, 7) is 6.83. The van der Waals surface area contributed by atoms with Crippen LogP contribution in [0.1, 0.15) is 161 Å². The molecule has 0 aromatic heterocycles. The number of phenols is 1. The van der Waals surface area contributed by atoms with Crippen LogP contribution in [0.3, 0.4) is 0 Å². The average Bonchev–Trinajstić information content (AvgIpc) is 2.86. The molecule has 1 aromatic rings. The van der Waals surface area contributed by atoms with Crippen LogP contribution in [-0.4, -0.2) is 15.8 Å². The number of aromatic hydroxyl groups is 1. The number of phenolic OH excluding ortho intramolecular Hbond substituents is 1. The number of thiocarbonyl (C=S) groups is 1. The Hall–Kier alpha value is -1.09. The molecule has 1 rings (SSSR count). The van der Waals surface area contributed by atoms with Gasteiger partial charge >= 0.3 is 0 Å². The van der Waals surface area contributed by atoms with E-state index in [-0.39, 0.29) is 11.4 Å². The zero-order chi connectivity index (χ0) is 25.6. The van der Waals surface area contributed by atoms with Crippen molar-refractivity contribution in [3.63, 3.8) is 0 Å². The van der Waals surface area contributed by atoms with Gasteiger partial charge in [-0.3, -0.25) is 0 Å². The summed E-state index contributed by atoms with van der Waals surface area (Å²) in [5.41, 5.74) is 0.473. The Bertz CT molecular complexity index is 601. The van der Waals surface area contributed by atoms with Gasteiger partial charge in [-0.05, 0) is 62.9 Å². The molecule has 202 valence electrons. The lowest BCUT2D eigenvalue weighted by atomic mass is 9.84. The topological polar surface area (TPSA) is 29.5 Å². The normalized spacial score (nSPS) is 11.6. The Balaban J connectivity index is 2.87. The molecular formula is C32H56O2S. The SMILES string of the molecule is CCCCCCCCC(CCCCCCCC)(CCCCCCCC)OC(=S)c1ccccc1O. The molecule has 2 nitrogen and oxygen atoms in total. The van der Waals surface area contributed by atoms with E-state index in [1.165, 1.54) is 116 Å². The van der Waals surface area contributed by atoms with Crippen LogP contribution >= 0.6 is 12.2 Å². The van der Waals surface area contributed by atoms with Crippen LogP contribution in [-0.2, 0) is 4.74 Å². The lowest BCUT2D eigenvalue weighted by Crippen LogP contribution is -2.35. The first-order chi connectivity index (χ1) is 17.1. The molecule has 0 atom stereocenters. The molecule has 0 fully saturated rings. The maximum Gasteiger partial charge on any atom is 0.195 e. The molecular weight excluding hydrogens is 448 g/mol. The first-order valence-corrected chi connectivity index (χ1v) is 15.5. The van der Waals surface area contributed by atoms with Crippen LogP contribution in [0.2, 0.25) is 0 Å². The van der Waals surface area contributed by atoms with Gasteiger partial charge in [-0.15, -0.1) is 0 Å². The van der Waals surface area contributed by atoms with E-state index in [0.717, 1.165) is 19.3 Å². The highest BCUT2D eigenvalue weighted by atomic mass is 32.1. The summed E-state index contributed by atoms with van der Waals surface area (Å²) in [5.74, 6) is 0.227. The van der Waals surface area contributed by atoms with E-state index in [1.54, 1.807) is 6.07 Å². The van der Waals surface area contributed by atoms with Gasteiger partial charge in [-0.1, -0.05) is 129 Å². The molecule has 0 amide bonds. The molecule has 0 radical (unpaired) electrons. The Kier molecular flexibility index (Phi) is 19.2. The number of hydrogen-bond acceptors (Lipinski definition) is 3. The number of hydrogen-bond donors (Lipinski definition) is 1. The number of unbranched alkanes of at least 4 members (excludes halogenated alkanes) is 15. The van der Waals surface area contributed by atoms with Crippen molar-refractivity contribution in [1.29, 1.82) is 0 Å². The van der Waals surface area contributed by atoms with Crippen LogP contribution < -0.4 is 0 Å². The van der Waals surface area contributed by atoms with Gasteiger partial charge in [-0.2, -0.15) is 0 Å². The van der Waals surface area contributed by atoms with Gasteiger partial charge in [0.1, 0.15) is 11.4 Å². The molecule has 0 bridgehead atoms. The van der Waals surface area contributed by atoms with Gasteiger partial charge in [0.2, 0.25) is 0 Å². The quantitative estimate of drug-likeness (QED) is 0.119. The monoisotopic (exact) mass is 504 g/mol. The van der Waals surface area contributed by atoms with Crippen molar-refractivity contribution in [1.82, 2.24) is 0 Å². The largest absolute Gasteiger partial charge is 0.507 e. The van der Waals surface area contributed by atoms with Crippen molar-refractivity contribution in [3.05, 3.63) is 29.8 Å². The van der Waals surface area contributed by atoms with E-state index in [4.69, 9.17) is 17.0 Å². The van der Waals surface area contributed by atoms with Gasteiger partial charge in [-0.25, -0.2) is 0 Å². The highest BCUT2D eigenvalue weighted by Crippen LogP contribution is 2.35. The lowest BCUT2D eigenvalue weighted by Gasteiger charge is -2.36. The molecule has 0 heterocycles. The summed E-state index contributed by atoms with van der Waals surface area (Å²) in [5, 5.41) is 10.9. The summed E-state index contributed by atoms with van der Waals surface area (Å²) >= 11 is 5.78. The third kappa shape index (κ3) is 14.9. The minimum atomic E-state index is -0.195. The van der Waals surface area contributed by atoms with Crippen molar-refractivity contribution in [3.8, 4) is 5.75 Å². The zero-order valence-corrected chi connectivity index (χ0v) is 24.2. The number of rotatable bonds is 23. The summed E-state index contributed by atoms with van der Waals surface area (Å²) in [6.07, 6.45) is 26.6. The molecule has 1 aromatic carbocycles.